The maximum atomic E-state index is 11.8. The molecule has 0 spiro atoms. The van der Waals surface area contributed by atoms with Crippen molar-refractivity contribution in [1.29, 1.82) is 0 Å². The van der Waals surface area contributed by atoms with Crippen molar-refractivity contribution in [2.24, 2.45) is 0 Å². The smallest absolute Gasteiger partial charge is 0.251 e. The second kappa shape index (κ2) is 6.69. The Balaban J connectivity index is 2.48. The fourth-order valence-corrected chi connectivity index (χ4v) is 1.79. The Hall–Kier alpha value is -0.830. The van der Waals surface area contributed by atoms with Gasteiger partial charge in [0, 0.05) is 16.9 Å². The van der Waals surface area contributed by atoms with E-state index in [0.717, 1.165) is 23.7 Å². The van der Waals surface area contributed by atoms with E-state index in [9.17, 15) is 4.79 Å². The van der Waals surface area contributed by atoms with Crippen molar-refractivity contribution in [2.75, 3.05) is 5.33 Å². The van der Waals surface area contributed by atoms with Crippen LogP contribution in [-0.4, -0.2) is 17.3 Å². The Bertz CT molecular complexity index is 334. The van der Waals surface area contributed by atoms with Crippen molar-refractivity contribution < 1.29 is 4.79 Å². The van der Waals surface area contributed by atoms with Crippen LogP contribution in [0.4, 0.5) is 0 Å². The van der Waals surface area contributed by atoms with E-state index in [1.807, 2.05) is 38.1 Å². The lowest BCUT2D eigenvalue weighted by Gasteiger charge is -2.13. The number of carbonyl (C=O) groups is 1. The van der Waals surface area contributed by atoms with Gasteiger partial charge >= 0.3 is 0 Å². The molecule has 0 aliphatic rings. The van der Waals surface area contributed by atoms with Crippen LogP contribution >= 0.6 is 15.9 Å². The van der Waals surface area contributed by atoms with E-state index in [2.05, 4.69) is 21.2 Å². The average molecular weight is 284 g/mol. The zero-order valence-corrected chi connectivity index (χ0v) is 11.4. The van der Waals surface area contributed by atoms with Crippen LogP contribution in [0.5, 0.6) is 0 Å². The first-order chi connectivity index (χ1) is 7.63. The van der Waals surface area contributed by atoms with E-state index < -0.39 is 0 Å². The van der Waals surface area contributed by atoms with Crippen LogP contribution in [0.2, 0.25) is 0 Å². The van der Waals surface area contributed by atoms with Gasteiger partial charge < -0.3 is 5.32 Å². The Kier molecular flexibility index (Phi) is 5.53. The SMILES string of the molecule is Cc1ccc(C(=O)NC(C)CCCBr)cc1. The number of carbonyl (C=O) groups excluding carboxylic acids is 1. The van der Waals surface area contributed by atoms with Gasteiger partial charge in [-0.05, 0) is 38.8 Å². The predicted molar refractivity (Wildman–Crippen MR) is 71.1 cm³/mol. The van der Waals surface area contributed by atoms with Crippen molar-refractivity contribution >= 4 is 21.8 Å². The summed E-state index contributed by atoms with van der Waals surface area (Å²) in [6.07, 6.45) is 2.08. The molecule has 1 aromatic carbocycles. The second-order valence-corrected chi connectivity index (χ2v) is 4.86. The Morgan fingerprint density at radius 3 is 2.56 bits per heavy atom. The molecule has 2 nitrogen and oxygen atoms in total. The zero-order valence-electron chi connectivity index (χ0n) is 9.79. The summed E-state index contributed by atoms with van der Waals surface area (Å²) in [6.45, 7) is 4.05. The number of amides is 1. The summed E-state index contributed by atoms with van der Waals surface area (Å²) in [6, 6.07) is 7.87. The molecule has 0 radical (unpaired) electrons. The molecule has 1 aromatic rings. The van der Waals surface area contributed by atoms with E-state index in [1.54, 1.807) is 0 Å². The molecule has 0 saturated carbocycles. The highest BCUT2D eigenvalue weighted by Crippen LogP contribution is 2.05. The summed E-state index contributed by atoms with van der Waals surface area (Å²) < 4.78 is 0. The van der Waals surface area contributed by atoms with Gasteiger partial charge in [-0.1, -0.05) is 33.6 Å². The molecule has 1 unspecified atom stereocenters. The van der Waals surface area contributed by atoms with Crippen LogP contribution in [0.1, 0.15) is 35.7 Å². The van der Waals surface area contributed by atoms with Gasteiger partial charge in [-0.2, -0.15) is 0 Å². The molecule has 0 heterocycles. The van der Waals surface area contributed by atoms with Crippen molar-refractivity contribution in [3.05, 3.63) is 35.4 Å². The standard InChI is InChI=1S/C13H18BrNO/c1-10-5-7-12(8-6-10)13(16)15-11(2)4-3-9-14/h5-8,11H,3-4,9H2,1-2H3,(H,15,16). The fraction of sp³-hybridized carbons (Fsp3) is 0.462. The predicted octanol–water partition coefficient (Wildman–Crippen LogP) is 3.29. The number of halogens is 1. The highest BCUT2D eigenvalue weighted by atomic mass is 79.9. The normalized spacial score (nSPS) is 12.2. The minimum absolute atomic E-state index is 0.0158. The van der Waals surface area contributed by atoms with Gasteiger partial charge in [0.2, 0.25) is 0 Å². The highest BCUT2D eigenvalue weighted by molar-refractivity contribution is 9.09. The topological polar surface area (TPSA) is 29.1 Å². The molecule has 0 fully saturated rings. The molecule has 1 amide bonds. The van der Waals surface area contributed by atoms with Gasteiger partial charge in [0.15, 0.2) is 0 Å². The molecule has 0 aromatic heterocycles. The molecule has 0 aliphatic heterocycles. The van der Waals surface area contributed by atoms with Crippen molar-refractivity contribution in [1.82, 2.24) is 5.32 Å². The Morgan fingerprint density at radius 2 is 2.00 bits per heavy atom. The lowest BCUT2D eigenvalue weighted by atomic mass is 10.1. The van der Waals surface area contributed by atoms with E-state index in [0.29, 0.717) is 0 Å². The third-order valence-electron chi connectivity index (χ3n) is 2.46. The summed E-state index contributed by atoms with van der Waals surface area (Å²) in [5, 5.41) is 3.97. The van der Waals surface area contributed by atoms with Crippen LogP contribution in [0.25, 0.3) is 0 Å². The van der Waals surface area contributed by atoms with Crippen LogP contribution in [0, 0.1) is 6.92 Å². The van der Waals surface area contributed by atoms with Gasteiger partial charge in [-0.25, -0.2) is 0 Å². The monoisotopic (exact) mass is 283 g/mol. The number of alkyl halides is 1. The molecule has 1 atom stereocenters. The van der Waals surface area contributed by atoms with Crippen LogP contribution in [-0.2, 0) is 0 Å². The van der Waals surface area contributed by atoms with Crippen molar-refractivity contribution in [3.8, 4) is 0 Å². The average Bonchev–Trinajstić information content (AvgIpc) is 2.27. The summed E-state index contributed by atoms with van der Waals surface area (Å²) in [5.41, 5.74) is 1.90. The minimum Gasteiger partial charge on any atom is -0.350 e. The van der Waals surface area contributed by atoms with Gasteiger partial charge in [-0.3, -0.25) is 4.79 Å². The maximum absolute atomic E-state index is 11.8. The number of rotatable bonds is 5. The molecule has 0 bridgehead atoms. The third-order valence-corrected chi connectivity index (χ3v) is 3.02. The number of benzene rings is 1. The Labute approximate surface area is 106 Å². The Morgan fingerprint density at radius 1 is 1.38 bits per heavy atom. The number of aryl methyl sites for hydroxylation is 1. The molecule has 3 heteroatoms. The van der Waals surface area contributed by atoms with Crippen molar-refractivity contribution in [3.63, 3.8) is 0 Å². The first-order valence-electron chi connectivity index (χ1n) is 5.57. The van der Waals surface area contributed by atoms with E-state index in [4.69, 9.17) is 0 Å². The molecule has 88 valence electrons. The lowest BCUT2D eigenvalue weighted by molar-refractivity contribution is 0.0938. The quantitative estimate of drug-likeness (QED) is 0.826. The van der Waals surface area contributed by atoms with Crippen LogP contribution in [0.3, 0.4) is 0 Å². The maximum Gasteiger partial charge on any atom is 0.251 e. The van der Waals surface area contributed by atoms with E-state index >= 15 is 0 Å². The van der Waals surface area contributed by atoms with E-state index in [1.165, 1.54) is 5.56 Å². The second-order valence-electron chi connectivity index (χ2n) is 4.07. The summed E-state index contributed by atoms with van der Waals surface area (Å²) in [7, 11) is 0. The molecular weight excluding hydrogens is 266 g/mol. The summed E-state index contributed by atoms with van der Waals surface area (Å²) in [4.78, 5) is 11.8. The number of nitrogens with one attached hydrogen (secondary N) is 1. The number of hydrogen-bond acceptors (Lipinski definition) is 1. The van der Waals surface area contributed by atoms with Gasteiger partial charge in [-0.15, -0.1) is 0 Å². The molecule has 1 N–H and O–H groups in total. The first-order valence-corrected chi connectivity index (χ1v) is 6.69. The van der Waals surface area contributed by atoms with Crippen LogP contribution < -0.4 is 5.32 Å². The van der Waals surface area contributed by atoms with Gasteiger partial charge in [0.1, 0.15) is 0 Å². The molecule has 1 rings (SSSR count). The highest BCUT2D eigenvalue weighted by Gasteiger charge is 2.08. The third kappa shape index (κ3) is 4.35. The van der Waals surface area contributed by atoms with Crippen molar-refractivity contribution in [2.45, 2.75) is 32.7 Å². The lowest BCUT2D eigenvalue weighted by Crippen LogP contribution is -2.32. The zero-order chi connectivity index (χ0) is 12.0. The largest absolute Gasteiger partial charge is 0.350 e. The summed E-state index contributed by atoms with van der Waals surface area (Å²) in [5.74, 6) is 0.0158. The summed E-state index contributed by atoms with van der Waals surface area (Å²) >= 11 is 3.38. The van der Waals surface area contributed by atoms with Crippen LogP contribution in [0.15, 0.2) is 24.3 Å². The van der Waals surface area contributed by atoms with Gasteiger partial charge in [0.25, 0.3) is 5.91 Å². The van der Waals surface area contributed by atoms with E-state index in [-0.39, 0.29) is 11.9 Å². The minimum atomic E-state index is 0.0158. The molecule has 0 aliphatic carbocycles. The van der Waals surface area contributed by atoms with Gasteiger partial charge in [0.05, 0.1) is 0 Å². The fourth-order valence-electron chi connectivity index (χ4n) is 1.47. The molecule has 16 heavy (non-hydrogen) atoms. The first kappa shape index (κ1) is 13.2. The number of hydrogen-bond donors (Lipinski definition) is 1. The molecular formula is C13H18BrNO. The molecule has 0 saturated heterocycles.